The van der Waals surface area contributed by atoms with Gasteiger partial charge in [-0.25, -0.2) is 0 Å². The molecule has 8 heteroatoms. The van der Waals surface area contributed by atoms with Crippen LogP contribution in [0.15, 0.2) is 121 Å². The second kappa shape index (κ2) is 17.2. The highest BCUT2D eigenvalue weighted by Gasteiger charge is 2.53. The first-order valence-electron chi connectivity index (χ1n) is 17.9. The predicted molar refractivity (Wildman–Crippen MR) is 195 cm³/mol. The van der Waals surface area contributed by atoms with Gasteiger partial charge in [0.15, 0.2) is 0 Å². The van der Waals surface area contributed by atoms with E-state index >= 15 is 0 Å². The van der Waals surface area contributed by atoms with Crippen molar-refractivity contribution in [1.82, 2.24) is 5.06 Å². The minimum Gasteiger partial charge on any atom is -0.374 e. The van der Waals surface area contributed by atoms with E-state index in [0.29, 0.717) is 39.3 Å². The van der Waals surface area contributed by atoms with Gasteiger partial charge in [0, 0.05) is 23.9 Å². The van der Waals surface area contributed by atoms with Crippen molar-refractivity contribution in [3.63, 3.8) is 0 Å². The summed E-state index contributed by atoms with van der Waals surface area (Å²) in [7, 11) is 0. The number of nitrogens with zero attached hydrogens (tertiary/aromatic N) is 1. The Morgan fingerprint density at radius 2 is 0.961 bits per heavy atom. The number of hydrogen-bond donors (Lipinski definition) is 0. The van der Waals surface area contributed by atoms with Crippen LogP contribution in [0.2, 0.25) is 0 Å². The van der Waals surface area contributed by atoms with E-state index < -0.39 is 41.8 Å². The Hall–Kier alpha value is -3.73. The number of piperidine rings is 1. The molecule has 5 atom stereocenters. The Morgan fingerprint density at radius 3 is 1.41 bits per heavy atom. The Morgan fingerprint density at radius 1 is 0.569 bits per heavy atom. The van der Waals surface area contributed by atoms with Crippen molar-refractivity contribution in [1.29, 1.82) is 0 Å². The van der Waals surface area contributed by atoms with Gasteiger partial charge < -0.3 is 23.7 Å². The molecule has 0 aliphatic carbocycles. The van der Waals surface area contributed by atoms with Crippen LogP contribution in [0.5, 0.6) is 0 Å². The lowest BCUT2D eigenvalue weighted by molar-refractivity contribution is -0.408. The lowest BCUT2D eigenvalue weighted by atomic mass is 9.81. The molecular formula is C43H51NO7. The standard InChI is InChI=1S/C43H51NO7/c1-42(2)25-36(45)26-43(3,4)44(42)51-41-40(49-30-35-23-15-8-16-24-35)39(48-29-34-21-13-7-14-22-34)38(47-28-33-19-11-6-12-20-33)37(50-41)31-46-27-32-17-9-5-10-18-32/h5-24,37-41H,25-31H2,1-4H3/t37-,38-,39+,40-,41?/m1/s1. The first kappa shape index (κ1) is 37.0. The van der Waals surface area contributed by atoms with E-state index in [2.05, 4.69) is 0 Å². The molecule has 0 saturated carbocycles. The summed E-state index contributed by atoms with van der Waals surface area (Å²) in [5.41, 5.74) is 2.95. The maximum Gasteiger partial charge on any atom is 0.207 e. The molecule has 2 heterocycles. The van der Waals surface area contributed by atoms with E-state index in [0.717, 1.165) is 22.3 Å². The molecule has 0 spiro atoms. The Labute approximate surface area is 302 Å². The molecule has 0 aromatic heterocycles. The SMILES string of the molecule is CC1(C)CC(=O)CC(C)(C)N1OC1O[C@H](COCc2ccccc2)[C@@H](OCc2ccccc2)[C@H](OCc2ccccc2)[C@H]1OCc1ccccc1. The van der Waals surface area contributed by atoms with Crippen molar-refractivity contribution in [3.8, 4) is 0 Å². The largest absolute Gasteiger partial charge is 0.374 e. The molecule has 2 saturated heterocycles. The average Bonchev–Trinajstić information content (AvgIpc) is 3.12. The summed E-state index contributed by atoms with van der Waals surface area (Å²) in [5, 5.41) is 1.94. The molecule has 4 aromatic rings. The molecule has 270 valence electrons. The van der Waals surface area contributed by atoms with Gasteiger partial charge in [0.2, 0.25) is 6.29 Å². The molecule has 0 N–H and O–H groups in total. The summed E-state index contributed by atoms with van der Waals surface area (Å²) in [6, 6.07) is 40.3. The third-order valence-electron chi connectivity index (χ3n) is 9.41. The molecule has 51 heavy (non-hydrogen) atoms. The molecule has 1 unspecified atom stereocenters. The van der Waals surface area contributed by atoms with Crippen LogP contribution in [0.3, 0.4) is 0 Å². The average molecular weight is 694 g/mol. The maximum atomic E-state index is 12.9. The smallest absolute Gasteiger partial charge is 0.207 e. The van der Waals surface area contributed by atoms with Crippen LogP contribution in [0.4, 0.5) is 0 Å². The highest BCUT2D eigenvalue weighted by molar-refractivity contribution is 5.81. The van der Waals surface area contributed by atoms with E-state index in [4.69, 9.17) is 28.5 Å². The van der Waals surface area contributed by atoms with Crippen LogP contribution >= 0.6 is 0 Å². The van der Waals surface area contributed by atoms with Gasteiger partial charge in [0.1, 0.15) is 30.2 Å². The summed E-state index contributed by atoms with van der Waals surface area (Å²) >= 11 is 0. The number of carbonyl (C=O) groups excluding carboxylic acids is 1. The second-order valence-corrected chi connectivity index (χ2v) is 14.7. The van der Waals surface area contributed by atoms with Gasteiger partial charge >= 0.3 is 0 Å². The Bertz CT molecular complexity index is 1610. The zero-order valence-corrected chi connectivity index (χ0v) is 30.2. The van der Waals surface area contributed by atoms with Crippen LogP contribution in [-0.2, 0) is 59.7 Å². The van der Waals surface area contributed by atoms with Gasteiger partial charge in [-0.1, -0.05) is 121 Å². The molecule has 2 fully saturated rings. The monoisotopic (exact) mass is 693 g/mol. The van der Waals surface area contributed by atoms with Gasteiger partial charge in [-0.15, -0.1) is 0 Å². The van der Waals surface area contributed by atoms with Crippen molar-refractivity contribution in [2.75, 3.05) is 6.61 Å². The summed E-state index contributed by atoms with van der Waals surface area (Å²) < 4.78 is 33.7. The van der Waals surface area contributed by atoms with Crippen molar-refractivity contribution in [3.05, 3.63) is 144 Å². The van der Waals surface area contributed by atoms with Crippen LogP contribution < -0.4 is 0 Å². The molecule has 2 aliphatic rings. The van der Waals surface area contributed by atoms with Crippen molar-refractivity contribution < 1.29 is 33.3 Å². The zero-order valence-electron chi connectivity index (χ0n) is 30.2. The van der Waals surface area contributed by atoms with E-state index in [-0.39, 0.29) is 12.4 Å². The van der Waals surface area contributed by atoms with Gasteiger partial charge in [-0.3, -0.25) is 9.63 Å². The predicted octanol–water partition coefficient (Wildman–Crippen LogP) is 7.84. The highest BCUT2D eigenvalue weighted by atomic mass is 16.8. The first-order chi connectivity index (χ1) is 24.7. The lowest BCUT2D eigenvalue weighted by Gasteiger charge is -2.54. The van der Waals surface area contributed by atoms with E-state index in [9.17, 15) is 4.79 Å². The minimum atomic E-state index is -0.900. The van der Waals surface area contributed by atoms with Gasteiger partial charge in [-0.2, -0.15) is 5.06 Å². The summed E-state index contributed by atoms with van der Waals surface area (Å²) in [6.07, 6.45) is -2.64. The molecule has 8 nitrogen and oxygen atoms in total. The van der Waals surface area contributed by atoms with E-state index in [1.165, 1.54) is 0 Å². The fraction of sp³-hybridized carbons (Fsp3) is 0.419. The van der Waals surface area contributed by atoms with E-state index in [1.807, 2.05) is 154 Å². The number of hydroxylamine groups is 2. The molecule has 6 rings (SSSR count). The second-order valence-electron chi connectivity index (χ2n) is 14.7. The zero-order chi connectivity index (χ0) is 35.7. The molecular weight excluding hydrogens is 642 g/mol. The number of carbonyl (C=O) groups is 1. The van der Waals surface area contributed by atoms with Crippen LogP contribution in [0, 0.1) is 0 Å². The van der Waals surface area contributed by atoms with E-state index in [1.54, 1.807) is 0 Å². The van der Waals surface area contributed by atoms with Crippen molar-refractivity contribution in [2.45, 2.75) is 109 Å². The maximum absolute atomic E-state index is 12.9. The quantitative estimate of drug-likeness (QED) is 0.125. The molecule has 2 aliphatic heterocycles. The summed E-state index contributed by atoms with van der Waals surface area (Å²) in [6.45, 7) is 9.77. The normalized spacial score (nSPS) is 24.7. The number of ketones is 1. The molecule has 4 aromatic carbocycles. The van der Waals surface area contributed by atoms with Crippen LogP contribution in [-0.4, -0.2) is 59.2 Å². The number of ether oxygens (including phenoxy) is 5. The fourth-order valence-electron chi connectivity index (χ4n) is 7.21. The minimum absolute atomic E-state index is 0.205. The number of benzene rings is 4. The number of hydrogen-bond acceptors (Lipinski definition) is 8. The summed E-state index contributed by atoms with van der Waals surface area (Å²) in [4.78, 5) is 19.8. The molecule has 0 radical (unpaired) electrons. The van der Waals surface area contributed by atoms with Gasteiger partial charge in [0.25, 0.3) is 0 Å². The number of rotatable bonds is 15. The van der Waals surface area contributed by atoms with Crippen LogP contribution in [0.1, 0.15) is 62.8 Å². The highest BCUT2D eigenvalue weighted by Crippen LogP contribution is 2.40. The van der Waals surface area contributed by atoms with Gasteiger partial charge in [0.05, 0.1) is 33.0 Å². The van der Waals surface area contributed by atoms with Crippen molar-refractivity contribution in [2.24, 2.45) is 0 Å². The molecule has 0 bridgehead atoms. The van der Waals surface area contributed by atoms with Crippen molar-refractivity contribution >= 4 is 5.78 Å². The topological polar surface area (TPSA) is 75.7 Å². The van der Waals surface area contributed by atoms with Crippen LogP contribution in [0.25, 0.3) is 0 Å². The summed E-state index contributed by atoms with van der Waals surface area (Å²) in [5.74, 6) is 0.205. The third-order valence-corrected chi connectivity index (χ3v) is 9.41. The van der Waals surface area contributed by atoms with Gasteiger partial charge in [-0.05, 0) is 49.9 Å². The Kier molecular flexibility index (Phi) is 12.5. The third kappa shape index (κ3) is 9.99. The Balaban J connectivity index is 1.35. The first-order valence-corrected chi connectivity index (χ1v) is 17.9. The fourth-order valence-corrected chi connectivity index (χ4v) is 7.21. The molecule has 0 amide bonds. The lowest BCUT2D eigenvalue weighted by Crippen LogP contribution is -2.67. The number of Topliss-reactive ketones (excluding diaryl/α,β-unsaturated/α-hetero) is 1.